The van der Waals surface area contributed by atoms with Crippen LogP contribution in [0.3, 0.4) is 0 Å². The van der Waals surface area contributed by atoms with E-state index < -0.39 is 0 Å². The number of fused-ring (bicyclic) bond motifs is 1. The highest BCUT2D eigenvalue weighted by Gasteiger charge is 2.30. The van der Waals surface area contributed by atoms with E-state index in [1.165, 1.54) is 56.4 Å². The Morgan fingerprint density at radius 1 is 1.05 bits per heavy atom. The zero-order chi connectivity index (χ0) is 13.9. The molecule has 1 saturated heterocycles. The van der Waals surface area contributed by atoms with Crippen LogP contribution in [0.2, 0.25) is 0 Å². The van der Waals surface area contributed by atoms with Crippen molar-refractivity contribution < 1.29 is 0 Å². The van der Waals surface area contributed by atoms with E-state index in [1.807, 2.05) is 0 Å². The molecule has 3 nitrogen and oxygen atoms in total. The summed E-state index contributed by atoms with van der Waals surface area (Å²) in [5.41, 5.74) is 9.50. The Morgan fingerprint density at radius 2 is 1.90 bits per heavy atom. The fourth-order valence-corrected chi connectivity index (χ4v) is 3.78. The Kier molecular flexibility index (Phi) is 4.39. The second-order valence-corrected chi connectivity index (χ2v) is 6.38. The maximum absolute atomic E-state index is 6.65. The molecule has 1 aliphatic carbocycles. The van der Waals surface area contributed by atoms with E-state index in [-0.39, 0.29) is 6.04 Å². The molecular formula is C17H27N3. The van der Waals surface area contributed by atoms with E-state index in [4.69, 9.17) is 5.73 Å². The van der Waals surface area contributed by atoms with Crippen LogP contribution in [-0.4, -0.2) is 49.1 Å². The number of hydrogen-bond donors (Lipinski definition) is 1. The van der Waals surface area contributed by atoms with Crippen LogP contribution < -0.4 is 5.73 Å². The molecule has 1 aromatic rings. The van der Waals surface area contributed by atoms with Gasteiger partial charge in [-0.05, 0) is 56.9 Å². The monoisotopic (exact) mass is 273 g/mol. The largest absolute Gasteiger partial charge is 0.323 e. The Labute approximate surface area is 122 Å². The molecule has 3 rings (SSSR count). The highest BCUT2D eigenvalue weighted by Crippen LogP contribution is 2.30. The van der Waals surface area contributed by atoms with Crippen LogP contribution in [0.15, 0.2) is 24.3 Å². The molecule has 2 N–H and O–H groups in total. The van der Waals surface area contributed by atoms with Gasteiger partial charge in [0.1, 0.15) is 0 Å². The fraction of sp³-hybridized carbons (Fsp3) is 0.647. The van der Waals surface area contributed by atoms with Crippen molar-refractivity contribution in [2.24, 2.45) is 5.73 Å². The van der Waals surface area contributed by atoms with Gasteiger partial charge in [0.15, 0.2) is 0 Å². The number of nitrogens with two attached hydrogens (primary N) is 1. The molecule has 0 aromatic heterocycles. The van der Waals surface area contributed by atoms with Crippen molar-refractivity contribution >= 4 is 0 Å². The number of aryl methyl sites for hydroxylation is 1. The SMILES string of the molecule is CN1CCCN(C2CCCc3ccccc3C2N)CC1. The lowest BCUT2D eigenvalue weighted by Gasteiger charge is -2.34. The lowest BCUT2D eigenvalue weighted by Crippen LogP contribution is -2.44. The van der Waals surface area contributed by atoms with Crippen LogP contribution in [0.1, 0.15) is 36.4 Å². The van der Waals surface area contributed by atoms with Crippen LogP contribution in [0, 0.1) is 0 Å². The minimum atomic E-state index is 0.178. The highest BCUT2D eigenvalue weighted by molar-refractivity contribution is 5.32. The molecule has 0 amide bonds. The molecule has 2 atom stereocenters. The molecule has 1 heterocycles. The molecule has 2 aliphatic rings. The van der Waals surface area contributed by atoms with Crippen LogP contribution in [0.4, 0.5) is 0 Å². The predicted molar refractivity (Wildman–Crippen MR) is 83.8 cm³/mol. The smallest absolute Gasteiger partial charge is 0.0455 e. The van der Waals surface area contributed by atoms with E-state index in [0.29, 0.717) is 6.04 Å². The Hall–Kier alpha value is -0.900. The Balaban J connectivity index is 1.79. The lowest BCUT2D eigenvalue weighted by atomic mass is 9.96. The molecule has 20 heavy (non-hydrogen) atoms. The molecule has 0 spiro atoms. The van der Waals surface area contributed by atoms with E-state index >= 15 is 0 Å². The molecule has 0 saturated carbocycles. The van der Waals surface area contributed by atoms with E-state index in [2.05, 4.69) is 41.1 Å². The Bertz CT molecular complexity index is 446. The van der Waals surface area contributed by atoms with Gasteiger partial charge in [-0.25, -0.2) is 0 Å². The molecule has 3 heteroatoms. The number of hydrogen-bond acceptors (Lipinski definition) is 3. The van der Waals surface area contributed by atoms with Gasteiger partial charge in [0.05, 0.1) is 0 Å². The minimum absolute atomic E-state index is 0.178. The quantitative estimate of drug-likeness (QED) is 0.795. The van der Waals surface area contributed by atoms with Crippen LogP contribution in [-0.2, 0) is 6.42 Å². The maximum Gasteiger partial charge on any atom is 0.0455 e. The summed E-state index contributed by atoms with van der Waals surface area (Å²) in [6.07, 6.45) is 4.96. The standard InChI is InChI=1S/C17H27N3/c1-19-10-5-11-20(13-12-19)16-9-4-7-14-6-2-3-8-15(14)17(16)18/h2-3,6,8,16-17H,4-5,7,9-13,18H2,1H3. The first-order valence-corrected chi connectivity index (χ1v) is 8.01. The summed E-state index contributed by atoms with van der Waals surface area (Å²) >= 11 is 0. The fourth-order valence-electron chi connectivity index (χ4n) is 3.78. The number of rotatable bonds is 1. The summed E-state index contributed by atoms with van der Waals surface area (Å²) in [7, 11) is 2.23. The van der Waals surface area contributed by atoms with Gasteiger partial charge in [-0.1, -0.05) is 24.3 Å². The van der Waals surface area contributed by atoms with E-state index in [0.717, 1.165) is 6.54 Å². The average Bonchev–Trinajstić information content (AvgIpc) is 2.76. The van der Waals surface area contributed by atoms with Gasteiger partial charge in [0, 0.05) is 25.2 Å². The zero-order valence-corrected chi connectivity index (χ0v) is 12.6. The van der Waals surface area contributed by atoms with Crippen LogP contribution >= 0.6 is 0 Å². The van der Waals surface area contributed by atoms with E-state index in [9.17, 15) is 0 Å². The Morgan fingerprint density at radius 3 is 2.80 bits per heavy atom. The number of likely N-dealkylation sites (N-methyl/N-ethyl adjacent to an activating group) is 1. The van der Waals surface area contributed by atoms with Crippen molar-refractivity contribution in [2.45, 2.75) is 37.8 Å². The van der Waals surface area contributed by atoms with Crippen LogP contribution in [0.5, 0.6) is 0 Å². The third-order valence-corrected chi connectivity index (χ3v) is 5.00. The van der Waals surface area contributed by atoms with Crippen molar-refractivity contribution in [3.05, 3.63) is 35.4 Å². The van der Waals surface area contributed by atoms with Crippen molar-refractivity contribution in [3.8, 4) is 0 Å². The summed E-state index contributed by atoms with van der Waals surface area (Å²) in [5, 5.41) is 0. The minimum Gasteiger partial charge on any atom is -0.323 e. The molecule has 1 aromatic carbocycles. The summed E-state index contributed by atoms with van der Waals surface area (Å²) in [6.45, 7) is 4.75. The third kappa shape index (κ3) is 2.90. The highest BCUT2D eigenvalue weighted by atomic mass is 15.2. The van der Waals surface area contributed by atoms with Gasteiger partial charge in [-0.3, -0.25) is 4.90 Å². The summed E-state index contributed by atoms with van der Waals surface area (Å²) in [4.78, 5) is 5.09. The number of nitrogens with zero attached hydrogens (tertiary/aromatic N) is 2. The molecule has 1 fully saturated rings. The van der Waals surface area contributed by atoms with Gasteiger partial charge >= 0.3 is 0 Å². The maximum atomic E-state index is 6.65. The molecular weight excluding hydrogens is 246 g/mol. The second-order valence-electron chi connectivity index (χ2n) is 6.38. The topological polar surface area (TPSA) is 32.5 Å². The molecule has 2 unspecified atom stereocenters. The second kappa shape index (κ2) is 6.25. The summed E-state index contributed by atoms with van der Waals surface area (Å²) in [5.74, 6) is 0. The van der Waals surface area contributed by atoms with Crippen molar-refractivity contribution in [1.82, 2.24) is 9.80 Å². The molecule has 1 aliphatic heterocycles. The lowest BCUT2D eigenvalue weighted by molar-refractivity contribution is 0.168. The van der Waals surface area contributed by atoms with Crippen LogP contribution in [0.25, 0.3) is 0 Å². The molecule has 110 valence electrons. The first kappa shape index (κ1) is 14.1. The van der Waals surface area contributed by atoms with Gasteiger partial charge in [-0.15, -0.1) is 0 Å². The van der Waals surface area contributed by atoms with Crippen molar-refractivity contribution in [2.75, 3.05) is 33.2 Å². The zero-order valence-electron chi connectivity index (χ0n) is 12.6. The van der Waals surface area contributed by atoms with Crippen molar-refractivity contribution in [1.29, 1.82) is 0 Å². The molecule has 0 radical (unpaired) electrons. The average molecular weight is 273 g/mol. The summed E-state index contributed by atoms with van der Waals surface area (Å²) < 4.78 is 0. The first-order valence-electron chi connectivity index (χ1n) is 8.01. The van der Waals surface area contributed by atoms with Gasteiger partial charge < -0.3 is 10.6 Å². The summed E-state index contributed by atoms with van der Waals surface area (Å²) in [6, 6.07) is 9.47. The predicted octanol–water partition coefficient (Wildman–Crippen LogP) is 2.03. The third-order valence-electron chi connectivity index (χ3n) is 5.00. The van der Waals surface area contributed by atoms with Gasteiger partial charge in [-0.2, -0.15) is 0 Å². The molecule has 0 bridgehead atoms. The van der Waals surface area contributed by atoms with E-state index in [1.54, 1.807) is 0 Å². The number of benzene rings is 1. The van der Waals surface area contributed by atoms with Gasteiger partial charge in [0.2, 0.25) is 0 Å². The normalized spacial score (nSPS) is 29.5. The van der Waals surface area contributed by atoms with Crippen molar-refractivity contribution in [3.63, 3.8) is 0 Å². The van der Waals surface area contributed by atoms with Gasteiger partial charge in [0.25, 0.3) is 0 Å². The first-order chi connectivity index (χ1) is 9.75.